The summed E-state index contributed by atoms with van der Waals surface area (Å²) in [4.78, 5) is 23.5. The first-order chi connectivity index (χ1) is 8.79. The Kier molecular flexibility index (Phi) is 3.14. The summed E-state index contributed by atoms with van der Waals surface area (Å²) in [7, 11) is 0. The molecule has 0 N–H and O–H groups in total. The molecule has 0 bridgehead atoms. The van der Waals surface area contributed by atoms with Crippen LogP contribution in [0.15, 0.2) is 24.4 Å². The van der Waals surface area contributed by atoms with Crippen molar-refractivity contribution in [3.63, 3.8) is 0 Å². The SMILES string of the molecule is CC(=O)c1cccc2c1cnn2C(=O)OC(C)(C)C. The lowest BCUT2D eigenvalue weighted by Gasteiger charge is -2.19. The van der Waals surface area contributed by atoms with Gasteiger partial charge in [-0.2, -0.15) is 9.78 Å². The van der Waals surface area contributed by atoms with Crippen molar-refractivity contribution in [1.29, 1.82) is 0 Å². The van der Waals surface area contributed by atoms with E-state index in [-0.39, 0.29) is 5.78 Å². The van der Waals surface area contributed by atoms with Gasteiger partial charge in [-0.1, -0.05) is 12.1 Å². The molecule has 5 heteroatoms. The first-order valence-electron chi connectivity index (χ1n) is 6.00. The monoisotopic (exact) mass is 260 g/mol. The van der Waals surface area contributed by atoms with E-state index in [0.29, 0.717) is 16.5 Å². The van der Waals surface area contributed by atoms with Crippen LogP contribution in [0.1, 0.15) is 38.1 Å². The number of ether oxygens (including phenoxy) is 1. The molecule has 0 aliphatic carbocycles. The first-order valence-corrected chi connectivity index (χ1v) is 6.00. The molecule has 0 spiro atoms. The third-order valence-electron chi connectivity index (χ3n) is 2.56. The predicted molar refractivity (Wildman–Crippen MR) is 71.4 cm³/mol. The minimum absolute atomic E-state index is 0.0608. The lowest BCUT2D eigenvalue weighted by Crippen LogP contribution is -2.27. The Balaban J connectivity index is 2.50. The number of benzene rings is 1. The molecule has 0 amide bonds. The van der Waals surface area contributed by atoms with Crippen molar-refractivity contribution in [3.05, 3.63) is 30.0 Å². The zero-order chi connectivity index (χ0) is 14.2. The van der Waals surface area contributed by atoms with Crippen molar-refractivity contribution in [2.45, 2.75) is 33.3 Å². The van der Waals surface area contributed by atoms with Gasteiger partial charge in [0.1, 0.15) is 5.60 Å². The largest absolute Gasteiger partial charge is 0.442 e. The Labute approximate surface area is 111 Å². The fourth-order valence-electron chi connectivity index (χ4n) is 1.81. The van der Waals surface area contributed by atoms with Crippen molar-refractivity contribution in [3.8, 4) is 0 Å². The van der Waals surface area contributed by atoms with Gasteiger partial charge in [0.05, 0.1) is 11.7 Å². The van der Waals surface area contributed by atoms with Crippen LogP contribution in [-0.4, -0.2) is 27.3 Å². The van der Waals surface area contributed by atoms with Gasteiger partial charge in [-0.15, -0.1) is 0 Å². The van der Waals surface area contributed by atoms with Gasteiger partial charge in [-0.05, 0) is 33.8 Å². The first kappa shape index (κ1) is 13.3. The van der Waals surface area contributed by atoms with Crippen LogP contribution in [0.3, 0.4) is 0 Å². The molecule has 100 valence electrons. The van der Waals surface area contributed by atoms with Gasteiger partial charge < -0.3 is 4.74 Å². The van der Waals surface area contributed by atoms with Gasteiger partial charge in [0.2, 0.25) is 0 Å². The topological polar surface area (TPSA) is 61.2 Å². The standard InChI is InChI=1S/C14H16N2O3/c1-9(17)10-6-5-7-12-11(10)8-15-16(12)13(18)19-14(2,3)4/h5-8H,1-4H3. The Bertz CT molecular complexity index is 650. The maximum atomic E-state index is 12.0. The number of carbonyl (C=O) groups is 2. The molecule has 0 fully saturated rings. The molecule has 0 aliphatic heterocycles. The summed E-state index contributed by atoms with van der Waals surface area (Å²) in [5, 5.41) is 4.67. The molecule has 5 nitrogen and oxygen atoms in total. The van der Waals surface area contributed by atoms with Gasteiger partial charge in [0.25, 0.3) is 0 Å². The van der Waals surface area contributed by atoms with E-state index in [2.05, 4.69) is 5.10 Å². The van der Waals surface area contributed by atoms with Crippen molar-refractivity contribution in [1.82, 2.24) is 9.78 Å². The molecular formula is C14H16N2O3. The van der Waals surface area contributed by atoms with Crippen LogP contribution in [0.4, 0.5) is 4.79 Å². The quantitative estimate of drug-likeness (QED) is 0.739. The highest BCUT2D eigenvalue weighted by molar-refractivity contribution is 6.07. The van der Waals surface area contributed by atoms with Gasteiger partial charge in [-0.3, -0.25) is 4.79 Å². The molecule has 2 aromatic rings. The van der Waals surface area contributed by atoms with Crippen LogP contribution in [0.25, 0.3) is 10.9 Å². The van der Waals surface area contributed by atoms with E-state index in [1.165, 1.54) is 17.8 Å². The van der Waals surface area contributed by atoms with E-state index in [4.69, 9.17) is 4.74 Å². The lowest BCUT2D eigenvalue weighted by molar-refractivity contribution is 0.0522. The molecule has 0 saturated carbocycles. The fourth-order valence-corrected chi connectivity index (χ4v) is 1.81. The van der Waals surface area contributed by atoms with Gasteiger partial charge in [-0.25, -0.2) is 4.79 Å². The van der Waals surface area contributed by atoms with E-state index in [1.54, 1.807) is 39.0 Å². The maximum Gasteiger partial charge on any atom is 0.435 e. The zero-order valence-electron chi connectivity index (χ0n) is 11.4. The van der Waals surface area contributed by atoms with E-state index in [1.807, 2.05) is 0 Å². The molecule has 1 heterocycles. The summed E-state index contributed by atoms with van der Waals surface area (Å²) in [5.41, 5.74) is 0.530. The number of hydrogen-bond acceptors (Lipinski definition) is 4. The van der Waals surface area contributed by atoms with Crippen molar-refractivity contribution in [2.24, 2.45) is 0 Å². The minimum atomic E-state index is -0.590. The molecule has 1 aromatic heterocycles. The van der Waals surface area contributed by atoms with E-state index in [9.17, 15) is 9.59 Å². The molecule has 0 atom stereocenters. The average Bonchev–Trinajstić information content (AvgIpc) is 2.69. The van der Waals surface area contributed by atoms with Crippen molar-refractivity contribution in [2.75, 3.05) is 0 Å². The summed E-state index contributed by atoms with van der Waals surface area (Å²) in [6.45, 7) is 6.85. The van der Waals surface area contributed by atoms with E-state index >= 15 is 0 Å². The predicted octanol–water partition coefficient (Wildman–Crippen LogP) is 3.02. The Morgan fingerprint density at radius 2 is 1.95 bits per heavy atom. The summed E-state index contributed by atoms with van der Waals surface area (Å²) in [5.74, 6) is -0.0608. The number of aromatic nitrogens is 2. The molecule has 0 radical (unpaired) electrons. The molecular weight excluding hydrogens is 244 g/mol. The number of Topliss-reactive ketones (excluding diaryl/α,β-unsaturated/α-hetero) is 1. The van der Waals surface area contributed by atoms with Crippen LogP contribution in [0, 0.1) is 0 Å². The van der Waals surface area contributed by atoms with Crippen LogP contribution in [-0.2, 0) is 4.74 Å². The molecule has 0 aliphatic rings. The molecule has 0 unspecified atom stereocenters. The van der Waals surface area contributed by atoms with Crippen molar-refractivity contribution < 1.29 is 14.3 Å². The third-order valence-corrected chi connectivity index (χ3v) is 2.56. The number of hydrogen-bond donors (Lipinski definition) is 0. The third kappa shape index (κ3) is 2.65. The van der Waals surface area contributed by atoms with Crippen LogP contribution in [0.5, 0.6) is 0 Å². The number of fused-ring (bicyclic) bond motifs is 1. The second-order valence-electron chi connectivity index (χ2n) is 5.33. The zero-order valence-corrected chi connectivity index (χ0v) is 11.4. The number of carbonyl (C=O) groups excluding carboxylic acids is 2. The maximum absolute atomic E-state index is 12.0. The highest BCUT2D eigenvalue weighted by Gasteiger charge is 2.20. The molecule has 2 rings (SSSR count). The molecule has 1 aromatic carbocycles. The summed E-state index contributed by atoms with van der Waals surface area (Å²) >= 11 is 0. The van der Waals surface area contributed by atoms with E-state index < -0.39 is 11.7 Å². The minimum Gasteiger partial charge on any atom is -0.442 e. The number of nitrogens with zero attached hydrogens (tertiary/aromatic N) is 2. The number of ketones is 1. The summed E-state index contributed by atoms with van der Waals surface area (Å²) < 4.78 is 6.44. The van der Waals surface area contributed by atoms with Crippen LogP contribution < -0.4 is 0 Å². The second kappa shape index (κ2) is 4.50. The normalized spacial score (nSPS) is 11.6. The van der Waals surface area contributed by atoms with Crippen LogP contribution in [0.2, 0.25) is 0 Å². The Morgan fingerprint density at radius 3 is 2.53 bits per heavy atom. The molecule has 0 saturated heterocycles. The summed E-state index contributed by atoms with van der Waals surface area (Å²) in [6.07, 6.45) is 0.957. The van der Waals surface area contributed by atoms with E-state index in [0.717, 1.165) is 0 Å². The highest BCUT2D eigenvalue weighted by atomic mass is 16.6. The average molecular weight is 260 g/mol. The van der Waals surface area contributed by atoms with Gasteiger partial charge in [0.15, 0.2) is 5.78 Å². The summed E-state index contributed by atoms with van der Waals surface area (Å²) in [6, 6.07) is 5.17. The molecule has 19 heavy (non-hydrogen) atoms. The highest BCUT2D eigenvalue weighted by Crippen LogP contribution is 2.20. The van der Waals surface area contributed by atoms with Crippen molar-refractivity contribution >= 4 is 22.8 Å². The van der Waals surface area contributed by atoms with Gasteiger partial charge in [0, 0.05) is 10.9 Å². The number of rotatable bonds is 1. The lowest BCUT2D eigenvalue weighted by atomic mass is 10.1. The van der Waals surface area contributed by atoms with Crippen LogP contribution >= 0.6 is 0 Å². The van der Waals surface area contributed by atoms with Gasteiger partial charge >= 0.3 is 6.09 Å². The fraction of sp³-hybridized carbons (Fsp3) is 0.357. The Hall–Kier alpha value is -2.17. The Morgan fingerprint density at radius 1 is 1.26 bits per heavy atom. The second-order valence-corrected chi connectivity index (χ2v) is 5.33. The smallest absolute Gasteiger partial charge is 0.435 e.